The molecule has 0 bridgehead atoms. The summed E-state index contributed by atoms with van der Waals surface area (Å²) < 4.78 is 1.03. The van der Waals surface area contributed by atoms with E-state index >= 15 is 0 Å². The van der Waals surface area contributed by atoms with Gasteiger partial charge in [-0.2, -0.15) is 5.26 Å². The van der Waals surface area contributed by atoms with E-state index in [1.54, 1.807) is 6.07 Å². The maximum atomic E-state index is 11.9. The second-order valence-electron chi connectivity index (χ2n) is 4.14. The summed E-state index contributed by atoms with van der Waals surface area (Å²) >= 11 is 3.47. The van der Waals surface area contributed by atoms with Gasteiger partial charge in [0.25, 0.3) is 5.91 Å². The summed E-state index contributed by atoms with van der Waals surface area (Å²) in [5.74, 6) is -0.269. The number of amides is 1. The molecule has 100 valence electrons. The van der Waals surface area contributed by atoms with E-state index in [0.717, 1.165) is 16.5 Å². The number of aromatic nitrogens is 1. The first-order chi connectivity index (χ1) is 9.70. The van der Waals surface area contributed by atoms with Crippen LogP contribution in [0.15, 0.2) is 47.1 Å². The van der Waals surface area contributed by atoms with Crippen molar-refractivity contribution in [2.75, 3.05) is 6.54 Å². The fourth-order valence-electron chi connectivity index (χ4n) is 1.73. The minimum absolute atomic E-state index is 0.260. The number of nitriles is 1. The van der Waals surface area contributed by atoms with Crippen molar-refractivity contribution in [2.45, 2.75) is 6.42 Å². The second kappa shape index (κ2) is 6.83. The standard InChI is InChI=1S/C15H12BrN3O/c16-13-4-2-1-3-12(13)6-8-19-15(20)14-9-11(10-17)5-7-18-14/h1-5,7,9H,6,8H2,(H,19,20). The Kier molecular flexibility index (Phi) is 4.85. The Balaban J connectivity index is 1.93. The van der Waals surface area contributed by atoms with Crippen LogP contribution in [-0.2, 0) is 6.42 Å². The van der Waals surface area contributed by atoms with Crippen LogP contribution in [0.1, 0.15) is 21.6 Å². The predicted octanol–water partition coefficient (Wildman–Crippen LogP) is 2.69. The van der Waals surface area contributed by atoms with E-state index < -0.39 is 0 Å². The Morgan fingerprint density at radius 3 is 2.90 bits per heavy atom. The number of hydrogen-bond acceptors (Lipinski definition) is 3. The van der Waals surface area contributed by atoms with Crippen molar-refractivity contribution in [1.82, 2.24) is 10.3 Å². The van der Waals surface area contributed by atoms with E-state index in [1.807, 2.05) is 30.3 Å². The Morgan fingerprint density at radius 1 is 1.35 bits per heavy atom. The third kappa shape index (κ3) is 3.65. The Bertz CT molecular complexity index is 664. The van der Waals surface area contributed by atoms with Crippen molar-refractivity contribution in [3.05, 3.63) is 63.9 Å². The zero-order chi connectivity index (χ0) is 14.4. The van der Waals surface area contributed by atoms with E-state index in [1.165, 1.54) is 12.3 Å². The van der Waals surface area contributed by atoms with Crippen molar-refractivity contribution >= 4 is 21.8 Å². The highest BCUT2D eigenvalue weighted by atomic mass is 79.9. The molecule has 4 nitrogen and oxygen atoms in total. The zero-order valence-electron chi connectivity index (χ0n) is 10.6. The van der Waals surface area contributed by atoms with Crippen LogP contribution in [0.4, 0.5) is 0 Å². The summed E-state index contributed by atoms with van der Waals surface area (Å²) in [7, 11) is 0. The van der Waals surface area contributed by atoms with Crippen LogP contribution >= 0.6 is 15.9 Å². The lowest BCUT2D eigenvalue weighted by Gasteiger charge is -2.06. The van der Waals surface area contributed by atoms with Gasteiger partial charge in [0.05, 0.1) is 11.6 Å². The zero-order valence-corrected chi connectivity index (χ0v) is 12.2. The van der Waals surface area contributed by atoms with Gasteiger partial charge in [0.1, 0.15) is 5.69 Å². The summed E-state index contributed by atoms with van der Waals surface area (Å²) in [6.07, 6.45) is 2.19. The fraction of sp³-hybridized carbons (Fsp3) is 0.133. The number of pyridine rings is 1. The quantitative estimate of drug-likeness (QED) is 0.937. The lowest BCUT2D eigenvalue weighted by atomic mass is 10.1. The van der Waals surface area contributed by atoms with Gasteiger partial charge in [-0.05, 0) is 30.2 Å². The molecule has 0 aliphatic heterocycles. The lowest BCUT2D eigenvalue weighted by molar-refractivity contribution is 0.0949. The smallest absolute Gasteiger partial charge is 0.269 e. The van der Waals surface area contributed by atoms with E-state index in [9.17, 15) is 4.79 Å². The fourth-order valence-corrected chi connectivity index (χ4v) is 2.21. The third-order valence-corrected chi connectivity index (χ3v) is 3.53. The van der Waals surface area contributed by atoms with Crippen molar-refractivity contribution < 1.29 is 4.79 Å². The molecule has 0 saturated heterocycles. The number of carbonyl (C=O) groups excluding carboxylic acids is 1. The molecule has 0 aliphatic rings. The SMILES string of the molecule is N#Cc1ccnc(C(=O)NCCc2ccccc2Br)c1. The number of carbonyl (C=O) groups is 1. The van der Waals surface area contributed by atoms with Gasteiger partial charge in [0, 0.05) is 17.2 Å². The topological polar surface area (TPSA) is 65.8 Å². The van der Waals surface area contributed by atoms with Crippen LogP contribution in [-0.4, -0.2) is 17.4 Å². The molecule has 1 N–H and O–H groups in total. The van der Waals surface area contributed by atoms with Crippen molar-refractivity contribution in [3.8, 4) is 6.07 Å². The second-order valence-corrected chi connectivity index (χ2v) is 4.99. The van der Waals surface area contributed by atoms with Crippen molar-refractivity contribution in [2.24, 2.45) is 0 Å². The van der Waals surface area contributed by atoms with Gasteiger partial charge in [0.2, 0.25) is 0 Å². The number of rotatable bonds is 4. The summed E-state index contributed by atoms with van der Waals surface area (Å²) in [5.41, 5.74) is 1.82. The Labute approximate surface area is 125 Å². The molecule has 1 heterocycles. The molecule has 2 rings (SSSR count). The van der Waals surface area contributed by atoms with Gasteiger partial charge in [-0.25, -0.2) is 0 Å². The molecule has 2 aromatic rings. The average Bonchev–Trinajstić information content (AvgIpc) is 2.49. The van der Waals surface area contributed by atoms with Crippen LogP contribution in [0.5, 0.6) is 0 Å². The van der Waals surface area contributed by atoms with Crippen molar-refractivity contribution in [3.63, 3.8) is 0 Å². The Hall–Kier alpha value is -2.19. The first kappa shape index (κ1) is 14.2. The van der Waals surface area contributed by atoms with Crippen LogP contribution in [0, 0.1) is 11.3 Å². The van der Waals surface area contributed by atoms with Gasteiger partial charge in [-0.15, -0.1) is 0 Å². The monoisotopic (exact) mass is 329 g/mol. The molecule has 0 radical (unpaired) electrons. The van der Waals surface area contributed by atoms with Gasteiger partial charge in [0.15, 0.2) is 0 Å². The summed E-state index contributed by atoms with van der Waals surface area (Å²) in [5, 5.41) is 11.6. The molecule has 0 fully saturated rings. The summed E-state index contributed by atoms with van der Waals surface area (Å²) in [6, 6.07) is 12.9. The van der Waals surface area contributed by atoms with Crippen LogP contribution in [0.3, 0.4) is 0 Å². The first-order valence-corrected chi connectivity index (χ1v) is 6.88. The third-order valence-electron chi connectivity index (χ3n) is 2.76. The molecule has 5 heteroatoms. The number of halogens is 1. The molecule has 20 heavy (non-hydrogen) atoms. The van der Waals surface area contributed by atoms with E-state index in [0.29, 0.717) is 12.1 Å². The maximum absolute atomic E-state index is 11.9. The molecule has 0 spiro atoms. The van der Waals surface area contributed by atoms with Crippen LogP contribution in [0.25, 0.3) is 0 Å². The molecule has 0 atom stereocenters. The number of hydrogen-bond donors (Lipinski definition) is 1. The molecule has 0 unspecified atom stereocenters. The summed E-state index contributed by atoms with van der Waals surface area (Å²) in [6.45, 7) is 0.514. The normalized spacial score (nSPS) is 9.80. The number of nitrogens with one attached hydrogen (secondary N) is 1. The molecule has 1 amide bonds. The van der Waals surface area contributed by atoms with Gasteiger partial charge >= 0.3 is 0 Å². The highest BCUT2D eigenvalue weighted by Crippen LogP contribution is 2.15. The number of benzene rings is 1. The van der Waals surface area contributed by atoms with Gasteiger partial charge < -0.3 is 5.32 Å². The highest BCUT2D eigenvalue weighted by Gasteiger charge is 2.07. The molecule has 1 aromatic heterocycles. The molecular formula is C15H12BrN3O. The first-order valence-electron chi connectivity index (χ1n) is 6.08. The number of nitrogens with zero attached hydrogens (tertiary/aromatic N) is 2. The molecule has 1 aromatic carbocycles. The highest BCUT2D eigenvalue weighted by molar-refractivity contribution is 9.10. The van der Waals surface area contributed by atoms with E-state index in [-0.39, 0.29) is 11.6 Å². The molecule has 0 aliphatic carbocycles. The minimum atomic E-state index is -0.269. The van der Waals surface area contributed by atoms with E-state index in [2.05, 4.69) is 26.2 Å². The van der Waals surface area contributed by atoms with Crippen LogP contribution < -0.4 is 5.32 Å². The largest absolute Gasteiger partial charge is 0.350 e. The predicted molar refractivity (Wildman–Crippen MR) is 79.1 cm³/mol. The van der Waals surface area contributed by atoms with Gasteiger partial charge in [-0.1, -0.05) is 34.1 Å². The average molecular weight is 330 g/mol. The van der Waals surface area contributed by atoms with Crippen molar-refractivity contribution in [1.29, 1.82) is 5.26 Å². The summed E-state index contributed by atoms with van der Waals surface area (Å²) in [4.78, 5) is 15.9. The lowest BCUT2D eigenvalue weighted by Crippen LogP contribution is -2.26. The van der Waals surface area contributed by atoms with Crippen LogP contribution in [0.2, 0.25) is 0 Å². The van der Waals surface area contributed by atoms with E-state index in [4.69, 9.17) is 5.26 Å². The van der Waals surface area contributed by atoms with Gasteiger partial charge in [-0.3, -0.25) is 9.78 Å². The minimum Gasteiger partial charge on any atom is -0.350 e. The Morgan fingerprint density at radius 2 is 2.15 bits per heavy atom. The molecular weight excluding hydrogens is 318 g/mol. The molecule has 0 saturated carbocycles. The maximum Gasteiger partial charge on any atom is 0.269 e.